The highest BCUT2D eigenvalue weighted by atomic mass is 79.9. The summed E-state index contributed by atoms with van der Waals surface area (Å²) in [6.07, 6.45) is 8.56. The van der Waals surface area contributed by atoms with Crippen molar-refractivity contribution in [2.45, 2.75) is 16.3 Å². The number of sulfonamides is 1. The summed E-state index contributed by atoms with van der Waals surface area (Å²) >= 11 is 3.56. The molecule has 27 heavy (non-hydrogen) atoms. The average molecular weight is 452 g/mol. The Labute approximate surface area is 165 Å². The third-order valence-electron chi connectivity index (χ3n) is 3.80. The van der Waals surface area contributed by atoms with E-state index in [2.05, 4.69) is 35.9 Å². The quantitative estimate of drug-likeness (QED) is 0.362. The molecule has 0 saturated heterocycles. The smallest absolute Gasteiger partial charge is 0.263 e. The Bertz CT molecular complexity index is 1040. The summed E-state index contributed by atoms with van der Waals surface area (Å²) < 4.78 is 32.9. The van der Waals surface area contributed by atoms with Crippen molar-refractivity contribution in [3.8, 4) is 5.88 Å². The van der Waals surface area contributed by atoms with E-state index in [0.717, 1.165) is 0 Å². The molecule has 1 aliphatic heterocycles. The number of hydrogen-bond donors (Lipinski definition) is 3. The van der Waals surface area contributed by atoms with Gasteiger partial charge in [0.15, 0.2) is 0 Å². The van der Waals surface area contributed by atoms with Crippen LogP contribution in [0.2, 0.25) is 0 Å². The lowest BCUT2D eigenvalue weighted by Gasteiger charge is -2.29. The van der Waals surface area contributed by atoms with Crippen LogP contribution >= 0.6 is 15.9 Å². The zero-order valence-corrected chi connectivity index (χ0v) is 17.0. The summed E-state index contributed by atoms with van der Waals surface area (Å²) in [5.74, 6) is 0.0725. The first-order valence-corrected chi connectivity index (χ1v) is 10.1. The molecule has 1 aliphatic rings. The standard InChI is InChI=1S/C17H18BrN5O3S/c1-11-10-20-15(16(22-11)26-2)23-27(24,25)14-9-12(19)5-6-13(14)17(18)7-3-4-8-21-17/h3-10,21H,19H2,1-2H3,(H,20,23). The monoisotopic (exact) mass is 451 g/mol. The molecule has 0 saturated carbocycles. The maximum absolute atomic E-state index is 13.1. The van der Waals surface area contributed by atoms with Gasteiger partial charge in [-0.1, -0.05) is 28.1 Å². The minimum absolute atomic E-state index is 0.00347. The summed E-state index contributed by atoms with van der Waals surface area (Å²) in [6, 6.07) is 4.67. The van der Waals surface area contributed by atoms with Crippen LogP contribution in [0, 0.1) is 6.92 Å². The number of halogens is 1. The molecule has 0 radical (unpaired) electrons. The molecule has 1 unspecified atom stereocenters. The Kier molecular flexibility index (Phi) is 5.11. The normalized spacial score (nSPS) is 18.8. The maximum atomic E-state index is 13.1. The number of anilines is 2. The first-order valence-electron chi connectivity index (χ1n) is 7.86. The Hall–Kier alpha value is -2.59. The zero-order valence-electron chi connectivity index (χ0n) is 14.6. The van der Waals surface area contributed by atoms with Gasteiger partial charge in [0.1, 0.15) is 4.45 Å². The summed E-state index contributed by atoms with van der Waals surface area (Å²) in [5, 5.41) is 3.10. The molecule has 0 fully saturated rings. The highest BCUT2D eigenvalue weighted by Gasteiger charge is 2.33. The molecular formula is C17H18BrN5O3S. The van der Waals surface area contributed by atoms with Crippen LogP contribution in [0.15, 0.2) is 53.7 Å². The van der Waals surface area contributed by atoms with Gasteiger partial charge in [-0.05, 0) is 37.4 Å². The number of nitrogens with two attached hydrogens (primary N) is 1. The highest BCUT2D eigenvalue weighted by Crippen LogP contribution is 2.37. The number of methoxy groups -OCH3 is 1. The van der Waals surface area contributed by atoms with E-state index in [0.29, 0.717) is 16.9 Å². The zero-order chi connectivity index (χ0) is 19.7. The number of alkyl halides is 1. The molecule has 1 aromatic carbocycles. The van der Waals surface area contributed by atoms with E-state index in [4.69, 9.17) is 10.5 Å². The van der Waals surface area contributed by atoms with Crippen LogP contribution in [0.3, 0.4) is 0 Å². The van der Waals surface area contributed by atoms with Crippen LogP contribution in [-0.2, 0) is 14.5 Å². The fourth-order valence-corrected chi connectivity index (χ4v) is 4.62. The van der Waals surface area contributed by atoms with Crippen LogP contribution in [-0.4, -0.2) is 25.5 Å². The molecule has 142 valence electrons. The van der Waals surface area contributed by atoms with Gasteiger partial charge in [0.25, 0.3) is 15.9 Å². The van der Waals surface area contributed by atoms with E-state index in [-0.39, 0.29) is 16.6 Å². The highest BCUT2D eigenvalue weighted by molar-refractivity contribution is 9.09. The van der Waals surface area contributed by atoms with Gasteiger partial charge in [0, 0.05) is 11.3 Å². The van der Waals surface area contributed by atoms with E-state index in [1.807, 2.05) is 0 Å². The van der Waals surface area contributed by atoms with Gasteiger partial charge in [-0.3, -0.25) is 4.72 Å². The number of ether oxygens (including phenoxy) is 1. The van der Waals surface area contributed by atoms with Gasteiger partial charge in [-0.15, -0.1) is 0 Å². The molecule has 1 aromatic heterocycles. The van der Waals surface area contributed by atoms with Crippen molar-refractivity contribution in [3.63, 3.8) is 0 Å². The lowest BCUT2D eigenvalue weighted by molar-refractivity contribution is 0.397. The number of aromatic nitrogens is 2. The van der Waals surface area contributed by atoms with Crippen LogP contribution in [0.5, 0.6) is 5.88 Å². The van der Waals surface area contributed by atoms with E-state index < -0.39 is 14.5 Å². The number of benzene rings is 1. The first kappa shape index (κ1) is 19.2. The third-order valence-corrected chi connectivity index (χ3v) is 6.10. The Morgan fingerprint density at radius 2 is 2.11 bits per heavy atom. The van der Waals surface area contributed by atoms with E-state index in [1.165, 1.54) is 19.4 Å². The topological polar surface area (TPSA) is 119 Å². The number of allylic oxidation sites excluding steroid dienone is 2. The van der Waals surface area contributed by atoms with Crippen molar-refractivity contribution < 1.29 is 13.2 Å². The molecule has 0 amide bonds. The number of hydrogen-bond acceptors (Lipinski definition) is 7. The summed E-state index contributed by atoms with van der Waals surface area (Å²) in [4.78, 5) is 8.21. The van der Waals surface area contributed by atoms with Gasteiger partial charge in [0.05, 0.1) is 23.9 Å². The van der Waals surface area contributed by atoms with Crippen LogP contribution in [0.4, 0.5) is 11.5 Å². The molecular weight excluding hydrogens is 434 g/mol. The molecule has 8 nitrogen and oxygen atoms in total. The number of aryl methyl sites for hydroxylation is 1. The molecule has 4 N–H and O–H groups in total. The fourth-order valence-electron chi connectivity index (χ4n) is 2.54. The Morgan fingerprint density at radius 1 is 1.33 bits per heavy atom. The molecule has 0 aliphatic carbocycles. The van der Waals surface area contributed by atoms with Crippen molar-refractivity contribution >= 4 is 37.5 Å². The molecule has 0 bridgehead atoms. The SMILES string of the molecule is COc1nc(C)cnc1NS(=O)(=O)c1cc(N)ccc1C1(Br)C=CC=CN1. The summed E-state index contributed by atoms with van der Waals surface area (Å²) in [7, 11) is -2.65. The summed E-state index contributed by atoms with van der Waals surface area (Å²) in [5.41, 5.74) is 7.23. The van der Waals surface area contributed by atoms with Gasteiger partial charge >= 0.3 is 0 Å². The number of rotatable bonds is 5. The largest absolute Gasteiger partial charge is 0.478 e. The number of nitrogens with one attached hydrogen (secondary N) is 2. The predicted molar refractivity (Wildman–Crippen MR) is 107 cm³/mol. The van der Waals surface area contributed by atoms with Gasteiger partial charge in [-0.25, -0.2) is 18.4 Å². The lowest BCUT2D eigenvalue weighted by atomic mass is 10.0. The van der Waals surface area contributed by atoms with Crippen molar-refractivity contribution in [2.75, 3.05) is 17.6 Å². The van der Waals surface area contributed by atoms with Crippen LogP contribution in [0.1, 0.15) is 11.3 Å². The van der Waals surface area contributed by atoms with Crippen molar-refractivity contribution in [1.29, 1.82) is 0 Å². The Balaban J connectivity index is 2.09. The van der Waals surface area contributed by atoms with Gasteiger partial charge in [-0.2, -0.15) is 0 Å². The number of nitrogen functional groups attached to an aromatic ring is 1. The molecule has 1 atom stereocenters. The lowest BCUT2D eigenvalue weighted by Crippen LogP contribution is -2.34. The summed E-state index contributed by atoms with van der Waals surface area (Å²) in [6.45, 7) is 1.73. The van der Waals surface area contributed by atoms with Gasteiger partial charge in [0.2, 0.25) is 5.82 Å². The van der Waals surface area contributed by atoms with E-state index in [9.17, 15) is 8.42 Å². The predicted octanol–water partition coefficient (Wildman–Crippen LogP) is 2.40. The first-order chi connectivity index (χ1) is 12.7. The van der Waals surface area contributed by atoms with Gasteiger partial charge < -0.3 is 15.8 Å². The number of nitrogens with zero attached hydrogens (tertiary/aromatic N) is 2. The van der Waals surface area contributed by atoms with Crippen LogP contribution < -0.4 is 20.5 Å². The van der Waals surface area contributed by atoms with Crippen molar-refractivity contribution in [3.05, 3.63) is 60.1 Å². The molecule has 3 rings (SSSR count). The molecule has 10 heteroatoms. The number of dihydropyridines is 1. The second-order valence-electron chi connectivity index (χ2n) is 5.80. The fraction of sp³-hybridized carbons (Fsp3) is 0.176. The van der Waals surface area contributed by atoms with Crippen LogP contribution in [0.25, 0.3) is 0 Å². The molecule has 0 spiro atoms. The van der Waals surface area contributed by atoms with Crippen molar-refractivity contribution in [2.24, 2.45) is 0 Å². The average Bonchev–Trinajstić information content (AvgIpc) is 2.63. The Morgan fingerprint density at radius 3 is 2.78 bits per heavy atom. The third kappa shape index (κ3) is 3.91. The maximum Gasteiger partial charge on any atom is 0.263 e. The van der Waals surface area contributed by atoms with E-state index in [1.54, 1.807) is 43.5 Å². The minimum Gasteiger partial charge on any atom is -0.478 e. The minimum atomic E-state index is -4.04. The second-order valence-corrected chi connectivity index (χ2v) is 8.71. The second kappa shape index (κ2) is 7.20. The van der Waals surface area contributed by atoms with E-state index >= 15 is 0 Å². The molecule has 2 aromatic rings. The van der Waals surface area contributed by atoms with Crippen molar-refractivity contribution in [1.82, 2.24) is 15.3 Å². The molecule has 2 heterocycles.